The second kappa shape index (κ2) is 10.7. The van der Waals surface area contributed by atoms with E-state index < -0.39 is 0 Å². The number of nitrogens with one attached hydrogen (secondary N) is 1. The first-order valence-electron chi connectivity index (χ1n) is 9.97. The molecule has 2 heterocycles. The fourth-order valence-electron chi connectivity index (χ4n) is 2.92. The molecule has 0 aliphatic heterocycles. The van der Waals surface area contributed by atoms with Crippen LogP contribution in [0.15, 0.2) is 82.4 Å². The Morgan fingerprint density at radius 3 is 2.66 bits per heavy atom. The summed E-state index contributed by atoms with van der Waals surface area (Å²) in [4.78, 5) is 13.2. The standard InChI is InChI=1S/C23H21N5O2S2/c1-2-30-19-12-10-18(11-13-19)28-22(17-7-4-3-5-8-17)26-27-23(28)32-16-21(29)25-24-15-20-9-6-14-31-20/h3-15H,2,16H2,1H3,(H,25,29)/b24-15-. The maximum atomic E-state index is 12.3. The van der Waals surface area contributed by atoms with E-state index in [-0.39, 0.29) is 11.7 Å². The van der Waals surface area contributed by atoms with Crippen molar-refractivity contribution in [2.75, 3.05) is 12.4 Å². The number of carbonyl (C=O) groups excluding carboxylic acids is 1. The van der Waals surface area contributed by atoms with Crippen LogP contribution in [0.2, 0.25) is 0 Å². The molecule has 32 heavy (non-hydrogen) atoms. The van der Waals surface area contributed by atoms with Gasteiger partial charge in [0.2, 0.25) is 0 Å². The van der Waals surface area contributed by atoms with E-state index in [1.54, 1.807) is 17.6 Å². The third-order valence-electron chi connectivity index (χ3n) is 4.33. The van der Waals surface area contributed by atoms with Crippen LogP contribution in [0.1, 0.15) is 11.8 Å². The van der Waals surface area contributed by atoms with Gasteiger partial charge in [-0.25, -0.2) is 5.43 Å². The number of hydrazone groups is 1. The smallest absolute Gasteiger partial charge is 0.250 e. The van der Waals surface area contributed by atoms with Crippen molar-refractivity contribution in [1.29, 1.82) is 0 Å². The average Bonchev–Trinajstić information content (AvgIpc) is 3.49. The molecule has 0 bridgehead atoms. The van der Waals surface area contributed by atoms with Crippen molar-refractivity contribution in [2.24, 2.45) is 5.10 Å². The first kappa shape index (κ1) is 21.8. The van der Waals surface area contributed by atoms with Crippen LogP contribution < -0.4 is 10.2 Å². The van der Waals surface area contributed by atoms with E-state index in [9.17, 15) is 4.79 Å². The van der Waals surface area contributed by atoms with Gasteiger partial charge in [-0.15, -0.1) is 21.5 Å². The number of aromatic nitrogens is 3. The molecule has 2 aromatic heterocycles. The number of hydrogen-bond donors (Lipinski definition) is 1. The van der Waals surface area contributed by atoms with Gasteiger partial charge in [0.1, 0.15) is 5.75 Å². The number of thioether (sulfide) groups is 1. The molecule has 4 aromatic rings. The zero-order valence-corrected chi connectivity index (χ0v) is 19.0. The summed E-state index contributed by atoms with van der Waals surface area (Å²) in [5.74, 6) is 1.44. The minimum absolute atomic E-state index is 0.158. The molecule has 162 valence electrons. The van der Waals surface area contributed by atoms with E-state index in [0.717, 1.165) is 21.9 Å². The van der Waals surface area contributed by atoms with E-state index in [2.05, 4.69) is 20.7 Å². The van der Waals surface area contributed by atoms with Crippen molar-refractivity contribution in [2.45, 2.75) is 12.1 Å². The Kier molecular flexibility index (Phi) is 7.31. The summed E-state index contributed by atoms with van der Waals surface area (Å²) < 4.78 is 7.50. The summed E-state index contributed by atoms with van der Waals surface area (Å²) in [6.45, 7) is 2.55. The zero-order valence-electron chi connectivity index (χ0n) is 17.3. The third kappa shape index (κ3) is 5.43. The van der Waals surface area contributed by atoms with Crippen LogP contribution in [0.5, 0.6) is 5.75 Å². The van der Waals surface area contributed by atoms with Gasteiger partial charge in [0, 0.05) is 16.1 Å². The summed E-state index contributed by atoms with van der Waals surface area (Å²) in [5, 5.41) is 15.3. The van der Waals surface area contributed by atoms with Crippen molar-refractivity contribution < 1.29 is 9.53 Å². The number of thiophene rings is 1. The number of amides is 1. The van der Waals surface area contributed by atoms with Crippen molar-refractivity contribution in [3.63, 3.8) is 0 Å². The van der Waals surface area contributed by atoms with Crippen LogP contribution in [0.25, 0.3) is 17.1 Å². The van der Waals surface area contributed by atoms with Crippen LogP contribution >= 0.6 is 23.1 Å². The molecule has 1 amide bonds. The normalized spacial score (nSPS) is 11.0. The Bertz CT molecular complexity index is 1170. The second-order valence-electron chi connectivity index (χ2n) is 6.53. The highest BCUT2D eigenvalue weighted by molar-refractivity contribution is 7.99. The molecule has 2 aromatic carbocycles. The van der Waals surface area contributed by atoms with Crippen molar-refractivity contribution in [1.82, 2.24) is 20.2 Å². The SMILES string of the molecule is CCOc1ccc(-n2c(SCC(=O)N/N=C\c3cccs3)nnc2-c2ccccc2)cc1. The van der Waals surface area contributed by atoms with Crippen LogP contribution in [0.4, 0.5) is 0 Å². The summed E-state index contributed by atoms with van der Waals surface area (Å²) in [5.41, 5.74) is 4.37. The van der Waals surface area contributed by atoms with Crippen LogP contribution in [0.3, 0.4) is 0 Å². The van der Waals surface area contributed by atoms with Gasteiger partial charge in [0.25, 0.3) is 5.91 Å². The first-order chi connectivity index (χ1) is 15.7. The van der Waals surface area contributed by atoms with Crippen LogP contribution in [-0.2, 0) is 4.79 Å². The molecule has 0 aliphatic rings. The maximum Gasteiger partial charge on any atom is 0.250 e. The van der Waals surface area contributed by atoms with Crippen LogP contribution in [0, 0.1) is 0 Å². The molecule has 1 N–H and O–H groups in total. The second-order valence-corrected chi connectivity index (χ2v) is 8.45. The monoisotopic (exact) mass is 463 g/mol. The Morgan fingerprint density at radius 1 is 1.12 bits per heavy atom. The number of hydrogen-bond acceptors (Lipinski definition) is 7. The lowest BCUT2D eigenvalue weighted by Gasteiger charge is -2.11. The molecule has 9 heteroatoms. The molecule has 7 nitrogen and oxygen atoms in total. The maximum absolute atomic E-state index is 12.3. The van der Waals surface area contributed by atoms with Gasteiger partial charge in [0.15, 0.2) is 11.0 Å². The fourth-order valence-corrected chi connectivity index (χ4v) is 4.25. The van der Waals surface area contributed by atoms with E-state index >= 15 is 0 Å². The van der Waals surface area contributed by atoms with Gasteiger partial charge in [-0.3, -0.25) is 9.36 Å². The summed E-state index contributed by atoms with van der Waals surface area (Å²) in [6, 6.07) is 21.4. The predicted octanol–water partition coefficient (Wildman–Crippen LogP) is 4.64. The van der Waals surface area contributed by atoms with Gasteiger partial charge in [-0.05, 0) is 42.6 Å². The number of nitrogens with zero attached hydrogens (tertiary/aromatic N) is 4. The van der Waals surface area contributed by atoms with E-state index in [1.165, 1.54) is 11.8 Å². The minimum atomic E-state index is -0.217. The third-order valence-corrected chi connectivity index (χ3v) is 6.06. The highest BCUT2D eigenvalue weighted by Gasteiger charge is 2.17. The Morgan fingerprint density at radius 2 is 1.94 bits per heavy atom. The Hall–Kier alpha value is -3.43. The molecule has 0 saturated carbocycles. The number of rotatable bonds is 9. The highest BCUT2D eigenvalue weighted by Crippen LogP contribution is 2.28. The predicted molar refractivity (Wildman–Crippen MR) is 129 cm³/mol. The molecule has 0 saturated heterocycles. The molecule has 0 radical (unpaired) electrons. The lowest BCUT2D eigenvalue weighted by Crippen LogP contribution is -2.19. The van der Waals surface area contributed by atoms with Gasteiger partial charge < -0.3 is 4.74 Å². The molecule has 0 unspecified atom stereocenters. The lowest BCUT2D eigenvalue weighted by atomic mass is 10.2. The molecule has 0 spiro atoms. The number of carbonyl (C=O) groups is 1. The van der Waals surface area contributed by atoms with Gasteiger partial charge in [-0.2, -0.15) is 5.10 Å². The quantitative estimate of drug-likeness (QED) is 0.222. The van der Waals surface area contributed by atoms with E-state index in [4.69, 9.17) is 4.74 Å². The summed E-state index contributed by atoms with van der Waals surface area (Å²) in [7, 11) is 0. The molecule has 4 rings (SSSR count). The Labute approximate surface area is 194 Å². The highest BCUT2D eigenvalue weighted by atomic mass is 32.2. The van der Waals surface area contributed by atoms with Gasteiger partial charge in [0.05, 0.1) is 18.6 Å². The van der Waals surface area contributed by atoms with Crippen molar-refractivity contribution >= 4 is 35.2 Å². The zero-order chi connectivity index (χ0) is 22.2. The van der Waals surface area contributed by atoms with Crippen LogP contribution in [-0.4, -0.2) is 39.2 Å². The van der Waals surface area contributed by atoms with Crippen molar-refractivity contribution in [3.8, 4) is 22.8 Å². The van der Waals surface area contributed by atoms with Gasteiger partial charge in [-0.1, -0.05) is 48.2 Å². The fraction of sp³-hybridized carbons (Fsp3) is 0.130. The molecule has 0 fully saturated rings. The Balaban J connectivity index is 1.53. The summed E-state index contributed by atoms with van der Waals surface area (Å²) >= 11 is 2.86. The largest absolute Gasteiger partial charge is 0.494 e. The molecule has 0 aliphatic carbocycles. The number of ether oxygens (including phenoxy) is 1. The van der Waals surface area contributed by atoms with E-state index in [1.807, 2.05) is 83.6 Å². The molecular weight excluding hydrogens is 442 g/mol. The number of benzene rings is 2. The average molecular weight is 464 g/mol. The van der Waals surface area contributed by atoms with E-state index in [0.29, 0.717) is 17.6 Å². The first-order valence-corrected chi connectivity index (χ1v) is 11.8. The molecule has 0 atom stereocenters. The molecular formula is C23H21N5O2S2. The van der Waals surface area contributed by atoms with Crippen molar-refractivity contribution in [3.05, 3.63) is 77.0 Å². The topological polar surface area (TPSA) is 81.4 Å². The lowest BCUT2D eigenvalue weighted by molar-refractivity contribution is -0.118. The van der Waals surface area contributed by atoms with Gasteiger partial charge >= 0.3 is 0 Å². The minimum Gasteiger partial charge on any atom is -0.494 e. The summed E-state index contributed by atoms with van der Waals surface area (Å²) in [6.07, 6.45) is 1.63.